The maximum atomic E-state index is 13.0. The molecule has 1 amide bonds. The number of amides is 1. The van der Waals surface area contributed by atoms with Crippen molar-refractivity contribution in [3.05, 3.63) is 65.5 Å². The Morgan fingerprint density at radius 3 is 2.78 bits per heavy atom. The summed E-state index contributed by atoms with van der Waals surface area (Å²) in [7, 11) is 0. The summed E-state index contributed by atoms with van der Waals surface area (Å²) in [5.74, 6) is 0.296. The highest BCUT2D eigenvalue weighted by atomic mass is 19.1. The Morgan fingerprint density at radius 2 is 2.04 bits per heavy atom. The van der Waals surface area contributed by atoms with Crippen molar-refractivity contribution in [2.24, 2.45) is 5.10 Å². The molecule has 0 fully saturated rings. The van der Waals surface area contributed by atoms with E-state index < -0.39 is 0 Å². The molecule has 0 radical (unpaired) electrons. The molecule has 0 aliphatic heterocycles. The van der Waals surface area contributed by atoms with Crippen LogP contribution in [-0.4, -0.2) is 18.7 Å². The fourth-order valence-corrected chi connectivity index (χ4v) is 1.91. The highest BCUT2D eigenvalue weighted by Gasteiger charge is 2.04. The predicted octanol–water partition coefficient (Wildman–Crippen LogP) is 3.48. The zero-order chi connectivity index (χ0) is 16.7. The number of hydrazone groups is 1. The van der Waals surface area contributed by atoms with Gasteiger partial charge in [-0.15, -0.1) is 0 Å². The van der Waals surface area contributed by atoms with Gasteiger partial charge in [-0.25, -0.2) is 9.82 Å². The number of benzene rings is 2. The highest BCUT2D eigenvalue weighted by Crippen LogP contribution is 2.19. The van der Waals surface area contributed by atoms with E-state index in [9.17, 15) is 9.18 Å². The molecule has 0 aliphatic carbocycles. The van der Waals surface area contributed by atoms with Gasteiger partial charge in [0.25, 0.3) is 5.91 Å². The van der Waals surface area contributed by atoms with Gasteiger partial charge in [0, 0.05) is 0 Å². The van der Waals surface area contributed by atoms with E-state index in [2.05, 4.69) is 24.4 Å². The first-order valence-corrected chi connectivity index (χ1v) is 7.35. The van der Waals surface area contributed by atoms with Crippen molar-refractivity contribution in [1.82, 2.24) is 5.43 Å². The third-order valence-electron chi connectivity index (χ3n) is 3.15. The summed E-state index contributed by atoms with van der Waals surface area (Å²) in [4.78, 5) is 11.7. The summed E-state index contributed by atoms with van der Waals surface area (Å²) in [5, 5.41) is 3.77. The van der Waals surface area contributed by atoms with Gasteiger partial charge in [-0.3, -0.25) is 4.79 Å². The number of nitrogens with one attached hydrogen (secondary N) is 1. The Morgan fingerprint density at radius 1 is 1.26 bits per heavy atom. The number of nitrogens with zero attached hydrogens (tertiary/aromatic N) is 1. The lowest BCUT2D eigenvalue weighted by molar-refractivity contribution is -0.123. The largest absolute Gasteiger partial charge is 0.484 e. The van der Waals surface area contributed by atoms with Crippen molar-refractivity contribution in [1.29, 1.82) is 0 Å². The monoisotopic (exact) mass is 314 g/mol. The van der Waals surface area contributed by atoms with E-state index in [4.69, 9.17) is 4.74 Å². The minimum atomic E-state index is -0.382. The molecule has 23 heavy (non-hydrogen) atoms. The number of carbonyl (C=O) groups excluding carboxylic acids is 1. The summed E-state index contributed by atoms with van der Waals surface area (Å²) in [6.07, 6.45) is 1.38. The number of ether oxygens (including phenoxy) is 1. The summed E-state index contributed by atoms with van der Waals surface area (Å²) in [5.41, 5.74) is 4.05. The smallest absolute Gasteiger partial charge is 0.277 e. The molecule has 4 nitrogen and oxygen atoms in total. The first-order chi connectivity index (χ1) is 11.0. The van der Waals surface area contributed by atoms with Gasteiger partial charge in [0.1, 0.15) is 11.6 Å². The Balaban J connectivity index is 1.82. The fraction of sp³-hybridized carbons (Fsp3) is 0.222. The Labute approximate surface area is 135 Å². The summed E-state index contributed by atoms with van der Waals surface area (Å²) in [6.45, 7) is 4.04. The van der Waals surface area contributed by atoms with E-state index in [0.717, 1.165) is 5.56 Å². The maximum Gasteiger partial charge on any atom is 0.277 e. The van der Waals surface area contributed by atoms with Crippen molar-refractivity contribution >= 4 is 12.1 Å². The zero-order valence-electron chi connectivity index (χ0n) is 13.1. The third kappa shape index (κ3) is 5.54. The average molecular weight is 314 g/mol. The van der Waals surface area contributed by atoms with Gasteiger partial charge in [-0.05, 0) is 41.3 Å². The molecule has 2 rings (SSSR count). The van der Waals surface area contributed by atoms with Crippen LogP contribution in [0.5, 0.6) is 5.75 Å². The molecule has 0 aliphatic rings. The van der Waals surface area contributed by atoms with Gasteiger partial charge in [-0.1, -0.05) is 38.1 Å². The van der Waals surface area contributed by atoms with Gasteiger partial charge in [0.15, 0.2) is 6.61 Å². The van der Waals surface area contributed by atoms with E-state index in [-0.39, 0.29) is 18.3 Å². The summed E-state index contributed by atoms with van der Waals surface area (Å²) >= 11 is 0. The van der Waals surface area contributed by atoms with Gasteiger partial charge in [-0.2, -0.15) is 5.10 Å². The number of hydrogen-bond donors (Lipinski definition) is 1. The van der Waals surface area contributed by atoms with Crippen LogP contribution in [0.2, 0.25) is 0 Å². The third-order valence-corrected chi connectivity index (χ3v) is 3.15. The van der Waals surface area contributed by atoms with Crippen LogP contribution in [0.4, 0.5) is 4.39 Å². The lowest BCUT2D eigenvalue weighted by Gasteiger charge is -2.09. The van der Waals surface area contributed by atoms with Crippen molar-refractivity contribution < 1.29 is 13.9 Å². The molecular weight excluding hydrogens is 295 g/mol. The topological polar surface area (TPSA) is 50.7 Å². The van der Waals surface area contributed by atoms with Gasteiger partial charge >= 0.3 is 0 Å². The minimum Gasteiger partial charge on any atom is -0.484 e. The molecule has 0 atom stereocenters. The van der Waals surface area contributed by atoms with E-state index in [1.165, 1.54) is 18.3 Å². The Bertz CT molecular complexity index is 699. The molecule has 2 aromatic rings. The van der Waals surface area contributed by atoms with Crippen LogP contribution in [0.25, 0.3) is 0 Å². The molecular formula is C18H19FN2O2. The van der Waals surface area contributed by atoms with Gasteiger partial charge < -0.3 is 4.74 Å². The summed E-state index contributed by atoms with van der Waals surface area (Å²) in [6, 6.07) is 13.5. The normalized spacial score (nSPS) is 11.0. The molecule has 0 bridgehead atoms. The lowest BCUT2D eigenvalue weighted by atomic mass is 10.0. The van der Waals surface area contributed by atoms with Crippen LogP contribution in [0.3, 0.4) is 0 Å². The number of rotatable bonds is 6. The van der Waals surface area contributed by atoms with Crippen molar-refractivity contribution in [3.63, 3.8) is 0 Å². The molecule has 0 saturated carbocycles. The minimum absolute atomic E-state index is 0.137. The second-order valence-electron chi connectivity index (χ2n) is 5.36. The Kier molecular flexibility index (Phi) is 5.86. The first-order valence-electron chi connectivity index (χ1n) is 7.35. The quantitative estimate of drug-likeness (QED) is 0.655. The first kappa shape index (κ1) is 16.7. The molecule has 2 aromatic carbocycles. The molecule has 1 N–H and O–H groups in total. The van der Waals surface area contributed by atoms with Crippen LogP contribution in [0, 0.1) is 5.82 Å². The van der Waals surface area contributed by atoms with E-state index in [0.29, 0.717) is 17.2 Å². The fourth-order valence-electron chi connectivity index (χ4n) is 1.91. The average Bonchev–Trinajstić information content (AvgIpc) is 2.53. The molecule has 0 spiro atoms. The lowest BCUT2D eigenvalue weighted by Crippen LogP contribution is -2.24. The number of carbonyl (C=O) groups is 1. The van der Waals surface area contributed by atoms with E-state index >= 15 is 0 Å². The van der Waals surface area contributed by atoms with Crippen molar-refractivity contribution in [2.45, 2.75) is 19.8 Å². The molecule has 120 valence electrons. The number of hydrogen-bond acceptors (Lipinski definition) is 3. The second kappa shape index (κ2) is 8.08. The summed E-state index contributed by atoms with van der Waals surface area (Å²) < 4.78 is 18.4. The van der Waals surface area contributed by atoms with Crippen LogP contribution < -0.4 is 10.2 Å². The Hall–Kier alpha value is -2.69. The van der Waals surface area contributed by atoms with Gasteiger partial charge in [0.05, 0.1) is 6.21 Å². The van der Waals surface area contributed by atoms with Gasteiger partial charge in [0.2, 0.25) is 0 Å². The molecule has 0 heterocycles. The molecule has 0 unspecified atom stereocenters. The van der Waals surface area contributed by atoms with Crippen LogP contribution in [0.1, 0.15) is 30.9 Å². The standard InChI is InChI=1S/C18H19FN2O2/c1-13(2)15-6-4-8-17(10-15)23-12-18(22)21-20-11-14-5-3-7-16(19)9-14/h3-11,13H,12H2,1-2H3,(H,21,22)/b20-11+. The molecule has 0 saturated heterocycles. The predicted molar refractivity (Wildman–Crippen MR) is 88.2 cm³/mol. The van der Waals surface area contributed by atoms with Crippen molar-refractivity contribution in [2.75, 3.05) is 6.61 Å². The van der Waals surface area contributed by atoms with E-state index in [1.807, 2.05) is 18.2 Å². The second-order valence-corrected chi connectivity index (χ2v) is 5.36. The van der Waals surface area contributed by atoms with E-state index in [1.54, 1.807) is 18.2 Å². The van der Waals surface area contributed by atoms with Crippen molar-refractivity contribution in [3.8, 4) is 5.75 Å². The van der Waals surface area contributed by atoms with Crippen LogP contribution in [-0.2, 0) is 4.79 Å². The molecule has 0 aromatic heterocycles. The van der Waals surface area contributed by atoms with Crippen LogP contribution in [0.15, 0.2) is 53.6 Å². The SMILES string of the molecule is CC(C)c1cccc(OCC(=O)N/N=C/c2cccc(F)c2)c1. The van der Waals surface area contributed by atoms with Crippen LogP contribution >= 0.6 is 0 Å². The zero-order valence-corrected chi connectivity index (χ0v) is 13.1. The highest BCUT2D eigenvalue weighted by molar-refractivity contribution is 5.82. The number of halogens is 1. The molecule has 5 heteroatoms. The maximum absolute atomic E-state index is 13.0.